The molecule has 0 aromatic heterocycles. The molecule has 0 aliphatic carbocycles. The van der Waals surface area contributed by atoms with Gasteiger partial charge in [-0.3, -0.25) is 0 Å². The number of carboxylic acid groups (broad SMARTS) is 1. The van der Waals surface area contributed by atoms with Crippen LogP contribution in [0.4, 0.5) is 4.79 Å². The van der Waals surface area contributed by atoms with Gasteiger partial charge in [-0.1, -0.05) is 11.6 Å². The van der Waals surface area contributed by atoms with E-state index in [1.54, 1.807) is 18.2 Å². The van der Waals surface area contributed by atoms with Crippen LogP contribution in [0.5, 0.6) is 5.75 Å². The highest BCUT2D eigenvalue weighted by Crippen LogP contribution is 2.35. The monoisotopic (exact) mass is 255 g/mol. The van der Waals surface area contributed by atoms with Gasteiger partial charge < -0.3 is 15.1 Å². The van der Waals surface area contributed by atoms with Crippen molar-refractivity contribution < 1.29 is 15.0 Å². The Balaban J connectivity index is 2.10. The third-order valence-electron chi connectivity index (χ3n) is 3.19. The molecule has 0 atom stereocenters. The van der Waals surface area contributed by atoms with Crippen molar-refractivity contribution in [2.24, 2.45) is 0 Å². The van der Waals surface area contributed by atoms with Gasteiger partial charge in [0.1, 0.15) is 5.75 Å². The minimum absolute atomic E-state index is 0.185. The van der Waals surface area contributed by atoms with E-state index < -0.39 is 6.09 Å². The van der Waals surface area contributed by atoms with Gasteiger partial charge in [0.25, 0.3) is 0 Å². The van der Waals surface area contributed by atoms with E-state index in [1.165, 1.54) is 4.90 Å². The average Bonchev–Trinajstić information content (AvgIpc) is 2.32. The predicted molar refractivity (Wildman–Crippen MR) is 64.7 cm³/mol. The molecule has 0 spiro atoms. The molecular weight excluding hydrogens is 242 g/mol. The fourth-order valence-corrected chi connectivity index (χ4v) is 2.41. The molecule has 1 saturated heterocycles. The van der Waals surface area contributed by atoms with Crippen LogP contribution in [0, 0.1) is 0 Å². The molecule has 1 amide bonds. The average molecular weight is 256 g/mol. The maximum Gasteiger partial charge on any atom is 0.407 e. The fraction of sp³-hybridized carbons (Fsp3) is 0.417. The first-order chi connectivity index (χ1) is 8.08. The Hall–Kier alpha value is -1.42. The Morgan fingerprint density at radius 2 is 2.00 bits per heavy atom. The summed E-state index contributed by atoms with van der Waals surface area (Å²) in [6, 6.07) is 4.99. The van der Waals surface area contributed by atoms with E-state index in [0.29, 0.717) is 18.1 Å². The van der Waals surface area contributed by atoms with E-state index in [0.717, 1.165) is 18.4 Å². The van der Waals surface area contributed by atoms with Gasteiger partial charge in [-0.25, -0.2) is 4.79 Å². The number of hydrogen-bond donors (Lipinski definition) is 2. The van der Waals surface area contributed by atoms with Gasteiger partial charge in [-0.05, 0) is 42.5 Å². The van der Waals surface area contributed by atoms with Crippen molar-refractivity contribution in [1.29, 1.82) is 0 Å². The van der Waals surface area contributed by atoms with Crippen LogP contribution in [-0.2, 0) is 0 Å². The molecule has 2 N–H and O–H groups in total. The molecule has 4 nitrogen and oxygen atoms in total. The summed E-state index contributed by atoms with van der Waals surface area (Å²) in [4.78, 5) is 12.2. The highest BCUT2D eigenvalue weighted by atomic mass is 35.5. The van der Waals surface area contributed by atoms with Gasteiger partial charge in [0.2, 0.25) is 0 Å². The highest BCUT2D eigenvalue weighted by Gasteiger charge is 2.25. The lowest BCUT2D eigenvalue weighted by Gasteiger charge is -2.30. The standard InChI is InChI=1S/C12H14ClNO3/c13-9-1-2-11(15)10(7-9)8-3-5-14(6-4-8)12(16)17/h1-2,7-8,15H,3-6H2,(H,16,17). The lowest BCUT2D eigenvalue weighted by atomic mass is 9.89. The van der Waals surface area contributed by atoms with Crippen molar-refractivity contribution in [2.45, 2.75) is 18.8 Å². The normalized spacial score (nSPS) is 17.1. The summed E-state index contributed by atoms with van der Waals surface area (Å²) in [5, 5.41) is 19.2. The summed E-state index contributed by atoms with van der Waals surface area (Å²) < 4.78 is 0. The second-order valence-corrected chi connectivity index (χ2v) is 4.68. The molecule has 0 radical (unpaired) electrons. The number of amides is 1. The first kappa shape index (κ1) is 12.0. The quantitative estimate of drug-likeness (QED) is 0.811. The van der Waals surface area contributed by atoms with Crippen molar-refractivity contribution in [3.63, 3.8) is 0 Å². The molecule has 1 aliphatic heterocycles. The van der Waals surface area contributed by atoms with Crippen LogP contribution in [0.1, 0.15) is 24.3 Å². The summed E-state index contributed by atoms with van der Waals surface area (Å²) in [6.07, 6.45) is 0.569. The topological polar surface area (TPSA) is 60.8 Å². The number of halogens is 1. The maximum absolute atomic E-state index is 10.8. The minimum atomic E-state index is -0.876. The first-order valence-corrected chi connectivity index (χ1v) is 5.92. The molecule has 92 valence electrons. The predicted octanol–water partition coefficient (Wildman–Crippen LogP) is 2.90. The summed E-state index contributed by atoms with van der Waals surface area (Å²) in [6.45, 7) is 1.01. The molecule has 1 aliphatic rings. The summed E-state index contributed by atoms with van der Waals surface area (Å²) in [7, 11) is 0. The molecule has 1 fully saturated rings. The van der Waals surface area contributed by atoms with Crippen molar-refractivity contribution in [3.05, 3.63) is 28.8 Å². The number of aromatic hydroxyl groups is 1. The van der Waals surface area contributed by atoms with Crippen molar-refractivity contribution in [2.75, 3.05) is 13.1 Å². The van der Waals surface area contributed by atoms with Gasteiger partial charge in [0, 0.05) is 18.1 Å². The van der Waals surface area contributed by atoms with Crippen LogP contribution in [0.25, 0.3) is 0 Å². The van der Waals surface area contributed by atoms with E-state index in [1.807, 2.05) is 0 Å². The van der Waals surface area contributed by atoms with Gasteiger partial charge in [-0.15, -0.1) is 0 Å². The summed E-state index contributed by atoms with van der Waals surface area (Å²) in [5.41, 5.74) is 0.822. The molecule has 0 bridgehead atoms. The number of rotatable bonds is 1. The Morgan fingerprint density at radius 3 is 2.59 bits per heavy atom. The van der Waals surface area contributed by atoms with Crippen LogP contribution in [0.15, 0.2) is 18.2 Å². The molecule has 2 rings (SSSR count). The Kier molecular flexibility index (Phi) is 3.43. The number of likely N-dealkylation sites (tertiary alicyclic amines) is 1. The third kappa shape index (κ3) is 2.64. The zero-order valence-electron chi connectivity index (χ0n) is 9.27. The number of hydrogen-bond acceptors (Lipinski definition) is 2. The first-order valence-electron chi connectivity index (χ1n) is 5.54. The maximum atomic E-state index is 10.8. The number of phenols is 1. The third-order valence-corrected chi connectivity index (χ3v) is 3.43. The van der Waals surface area contributed by atoms with Gasteiger partial charge >= 0.3 is 6.09 Å². The lowest BCUT2D eigenvalue weighted by Crippen LogP contribution is -2.36. The summed E-state index contributed by atoms with van der Waals surface area (Å²) >= 11 is 5.90. The van der Waals surface area contributed by atoms with E-state index in [2.05, 4.69) is 0 Å². The second-order valence-electron chi connectivity index (χ2n) is 4.25. The van der Waals surface area contributed by atoms with Crippen LogP contribution in [0.3, 0.4) is 0 Å². The Morgan fingerprint density at radius 1 is 1.35 bits per heavy atom. The number of piperidine rings is 1. The second kappa shape index (κ2) is 4.84. The smallest absolute Gasteiger partial charge is 0.407 e. The van der Waals surface area contributed by atoms with Crippen LogP contribution >= 0.6 is 11.6 Å². The van der Waals surface area contributed by atoms with E-state index in [9.17, 15) is 9.90 Å². The fourth-order valence-electron chi connectivity index (χ4n) is 2.23. The minimum Gasteiger partial charge on any atom is -0.508 e. The Bertz CT molecular complexity index is 428. The molecule has 0 unspecified atom stereocenters. The van der Waals surface area contributed by atoms with Crippen LogP contribution < -0.4 is 0 Å². The van der Waals surface area contributed by atoms with Crippen molar-refractivity contribution >= 4 is 17.7 Å². The van der Waals surface area contributed by atoms with E-state index in [-0.39, 0.29) is 11.7 Å². The van der Waals surface area contributed by atoms with E-state index >= 15 is 0 Å². The van der Waals surface area contributed by atoms with Crippen LogP contribution in [-0.4, -0.2) is 34.3 Å². The highest BCUT2D eigenvalue weighted by molar-refractivity contribution is 6.30. The van der Waals surface area contributed by atoms with Gasteiger partial charge in [0.15, 0.2) is 0 Å². The molecule has 17 heavy (non-hydrogen) atoms. The zero-order chi connectivity index (χ0) is 12.4. The van der Waals surface area contributed by atoms with Gasteiger partial charge in [0.05, 0.1) is 0 Å². The number of carbonyl (C=O) groups is 1. The molecule has 0 saturated carbocycles. The lowest BCUT2D eigenvalue weighted by molar-refractivity contribution is 0.132. The molecule has 1 aromatic carbocycles. The van der Waals surface area contributed by atoms with Gasteiger partial charge in [-0.2, -0.15) is 0 Å². The number of phenolic OH excluding ortho intramolecular Hbond substituents is 1. The number of benzene rings is 1. The van der Waals surface area contributed by atoms with Crippen molar-refractivity contribution in [3.8, 4) is 5.75 Å². The molecule has 1 aromatic rings. The summed E-state index contributed by atoms with van der Waals surface area (Å²) in [5.74, 6) is 0.424. The van der Waals surface area contributed by atoms with E-state index in [4.69, 9.17) is 16.7 Å². The zero-order valence-corrected chi connectivity index (χ0v) is 10.0. The Labute approximate surface area is 104 Å². The number of nitrogens with zero attached hydrogens (tertiary/aromatic N) is 1. The SMILES string of the molecule is O=C(O)N1CCC(c2cc(Cl)ccc2O)CC1. The van der Waals surface area contributed by atoms with Crippen LogP contribution in [0.2, 0.25) is 5.02 Å². The van der Waals surface area contributed by atoms with Crippen molar-refractivity contribution in [1.82, 2.24) is 4.90 Å². The largest absolute Gasteiger partial charge is 0.508 e. The molecule has 1 heterocycles. The molecular formula is C12H14ClNO3. The molecule has 5 heteroatoms.